The predicted octanol–water partition coefficient (Wildman–Crippen LogP) is 5.03. The van der Waals surface area contributed by atoms with Gasteiger partial charge < -0.3 is 19.7 Å². The monoisotopic (exact) mass is 621 g/mol. The zero-order valence-corrected chi connectivity index (χ0v) is 27.0. The van der Waals surface area contributed by atoms with Gasteiger partial charge in [-0.05, 0) is 81.0 Å². The van der Waals surface area contributed by atoms with Crippen molar-refractivity contribution in [3.8, 4) is 11.5 Å². The van der Waals surface area contributed by atoms with Crippen LogP contribution in [0.3, 0.4) is 0 Å². The molecule has 0 heterocycles. The molecular formula is C34H43N3O6S. The highest BCUT2D eigenvalue weighted by Gasteiger charge is 2.33. The molecule has 0 aliphatic heterocycles. The van der Waals surface area contributed by atoms with E-state index in [1.807, 2.05) is 50.2 Å². The third-order valence-corrected chi connectivity index (χ3v) is 9.84. The Hall–Kier alpha value is -4.05. The minimum Gasteiger partial charge on any atom is -0.493 e. The molecule has 10 heteroatoms. The van der Waals surface area contributed by atoms with E-state index in [2.05, 4.69) is 5.32 Å². The predicted molar refractivity (Wildman–Crippen MR) is 172 cm³/mol. The van der Waals surface area contributed by atoms with Gasteiger partial charge in [0.1, 0.15) is 12.6 Å². The fourth-order valence-corrected chi connectivity index (χ4v) is 7.10. The van der Waals surface area contributed by atoms with Crippen LogP contribution in [0.4, 0.5) is 5.69 Å². The first-order valence-electron chi connectivity index (χ1n) is 15.0. The molecule has 9 nitrogen and oxygen atoms in total. The minimum absolute atomic E-state index is 0.0510. The highest BCUT2D eigenvalue weighted by Crippen LogP contribution is 2.33. The van der Waals surface area contributed by atoms with Gasteiger partial charge in [0.2, 0.25) is 11.8 Å². The third kappa shape index (κ3) is 7.91. The van der Waals surface area contributed by atoms with Gasteiger partial charge in [-0.1, -0.05) is 49.2 Å². The number of ether oxygens (including phenoxy) is 2. The highest BCUT2D eigenvalue weighted by molar-refractivity contribution is 7.92. The second-order valence-corrected chi connectivity index (χ2v) is 13.2. The second-order valence-electron chi connectivity index (χ2n) is 11.4. The average Bonchev–Trinajstić information content (AvgIpc) is 3.52. The van der Waals surface area contributed by atoms with Gasteiger partial charge in [0, 0.05) is 18.7 Å². The molecule has 236 valence electrons. The molecule has 1 aliphatic rings. The maximum Gasteiger partial charge on any atom is 0.264 e. The summed E-state index contributed by atoms with van der Waals surface area (Å²) in [5.41, 5.74) is 3.07. The van der Waals surface area contributed by atoms with Crippen molar-refractivity contribution in [2.24, 2.45) is 0 Å². The van der Waals surface area contributed by atoms with Crippen molar-refractivity contribution < 1.29 is 27.5 Å². The Bertz CT molecular complexity index is 1530. The number of carbonyl (C=O) groups is 2. The van der Waals surface area contributed by atoms with Crippen LogP contribution in [0.1, 0.15) is 49.3 Å². The molecule has 3 aromatic carbocycles. The Balaban J connectivity index is 1.70. The van der Waals surface area contributed by atoms with E-state index in [-0.39, 0.29) is 29.1 Å². The van der Waals surface area contributed by atoms with Crippen LogP contribution >= 0.6 is 0 Å². The van der Waals surface area contributed by atoms with Gasteiger partial charge in [0.15, 0.2) is 11.5 Å². The topological polar surface area (TPSA) is 105 Å². The zero-order valence-electron chi connectivity index (χ0n) is 26.2. The maximum atomic E-state index is 14.3. The summed E-state index contributed by atoms with van der Waals surface area (Å²) in [5.74, 6) is -0.0751. The molecule has 1 atom stereocenters. The molecule has 0 bridgehead atoms. The number of amides is 2. The van der Waals surface area contributed by atoms with Crippen LogP contribution in [-0.2, 0) is 26.0 Å². The van der Waals surface area contributed by atoms with E-state index in [1.54, 1.807) is 19.1 Å². The van der Waals surface area contributed by atoms with Crippen LogP contribution in [0.15, 0.2) is 71.6 Å². The Labute approximate surface area is 261 Å². The second kappa shape index (κ2) is 14.6. The number of hydrogen-bond acceptors (Lipinski definition) is 6. The van der Waals surface area contributed by atoms with E-state index in [0.29, 0.717) is 17.9 Å². The quantitative estimate of drug-likeness (QED) is 0.287. The lowest BCUT2D eigenvalue weighted by atomic mass is 10.1. The van der Waals surface area contributed by atoms with Crippen molar-refractivity contribution in [3.05, 3.63) is 83.4 Å². The first-order valence-corrected chi connectivity index (χ1v) is 16.4. The van der Waals surface area contributed by atoms with Crippen LogP contribution in [-0.4, -0.2) is 64.5 Å². The summed E-state index contributed by atoms with van der Waals surface area (Å²) < 4.78 is 40.3. The lowest BCUT2D eigenvalue weighted by Crippen LogP contribution is -2.53. The van der Waals surface area contributed by atoms with Gasteiger partial charge in [0.25, 0.3) is 10.0 Å². The van der Waals surface area contributed by atoms with Crippen LogP contribution in [0.2, 0.25) is 0 Å². The van der Waals surface area contributed by atoms with Crippen molar-refractivity contribution in [3.63, 3.8) is 0 Å². The molecule has 0 aromatic heterocycles. The van der Waals surface area contributed by atoms with Gasteiger partial charge in [-0.15, -0.1) is 0 Å². The number of anilines is 1. The zero-order chi connectivity index (χ0) is 31.9. The molecular weight excluding hydrogens is 578 g/mol. The van der Waals surface area contributed by atoms with Gasteiger partial charge in [-0.2, -0.15) is 0 Å². The lowest BCUT2D eigenvalue weighted by molar-refractivity contribution is -0.139. The SMILES string of the molecule is COc1ccc(S(=O)(=O)N(CC(=O)N(CCc2ccccc2)[C@@H](C)C(=O)NC2CCCC2)c2cc(C)cc(C)c2)cc1OC. The number of benzene rings is 3. The number of aryl methyl sites for hydroxylation is 2. The average molecular weight is 622 g/mol. The van der Waals surface area contributed by atoms with Crippen molar-refractivity contribution in [2.75, 3.05) is 31.6 Å². The summed E-state index contributed by atoms with van der Waals surface area (Å²) >= 11 is 0. The Morgan fingerprint density at radius 3 is 2.16 bits per heavy atom. The molecule has 1 fully saturated rings. The third-order valence-electron chi connectivity index (χ3n) is 8.07. The van der Waals surface area contributed by atoms with Crippen molar-refractivity contribution >= 4 is 27.5 Å². The largest absolute Gasteiger partial charge is 0.493 e. The van der Waals surface area contributed by atoms with Crippen molar-refractivity contribution in [1.82, 2.24) is 10.2 Å². The molecule has 0 spiro atoms. The summed E-state index contributed by atoms with van der Waals surface area (Å²) in [5, 5.41) is 3.10. The van der Waals surface area contributed by atoms with Crippen molar-refractivity contribution in [1.29, 1.82) is 0 Å². The molecule has 44 heavy (non-hydrogen) atoms. The fourth-order valence-electron chi connectivity index (χ4n) is 5.69. The molecule has 4 rings (SSSR count). The summed E-state index contributed by atoms with van der Waals surface area (Å²) in [6, 6.07) is 18.8. The fraction of sp³-hybridized carbons (Fsp3) is 0.412. The van der Waals surface area contributed by atoms with E-state index in [9.17, 15) is 18.0 Å². The summed E-state index contributed by atoms with van der Waals surface area (Å²) in [4.78, 5) is 29.0. The molecule has 0 saturated heterocycles. The standard InChI is InChI=1S/C34H43N3O6S/c1-24-19-25(2)21-29(20-24)37(44(40,41)30-15-16-31(42-4)32(22-30)43-5)23-33(38)36(18-17-27-11-7-6-8-12-27)26(3)34(39)35-28-13-9-10-14-28/h6-8,11-12,15-16,19-22,26,28H,9-10,13-14,17-18,23H2,1-5H3,(H,35,39)/t26-/m0/s1. The number of sulfonamides is 1. The normalized spacial score (nSPS) is 14.1. The smallest absolute Gasteiger partial charge is 0.264 e. The Morgan fingerprint density at radius 1 is 0.909 bits per heavy atom. The summed E-state index contributed by atoms with van der Waals surface area (Å²) in [7, 11) is -1.35. The number of nitrogens with one attached hydrogen (secondary N) is 1. The molecule has 1 aliphatic carbocycles. The van der Waals surface area contributed by atoms with E-state index in [1.165, 1.54) is 37.3 Å². The molecule has 3 aromatic rings. The van der Waals surface area contributed by atoms with Crippen LogP contribution in [0, 0.1) is 13.8 Å². The van der Waals surface area contributed by atoms with Gasteiger partial charge in [-0.3, -0.25) is 13.9 Å². The number of hydrogen-bond donors (Lipinski definition) is 1. The van der Waals surface area contributed by atoms with Crippen LogP contribution in [0.5, 0.6) is 11.5 Å². The Morgan fingerprint density at radius 2 is 1.55 bits per heavy atom. The van der Waals surface area contributed by atoms with Gasteiger partial charge in [-0.25, -0.2) is 8.42 Å². The van der Waals surface area contributed by atoms with Crippen LogP contribution in [0.25, 0.3) is 0 Å². The molecule has 0 radical (unpaired) electrons. The van der Waals surface area contributed by atoms with E-state index in [4.69, 9.17) is 9.47 Å². The molecule has 0 unspecified atom stereocenters. The first-order chi connectivity index (χ1) is 21.0. The van der Waals surface area contributed by atoms with Crippen molar-refractivity contribution in [2.45, 2.75) is 69.9 Å². The number of rotatable bonds is 13. The van der Waals surface area contributed by atoms with Gasteiger partial charge >= 0.3 is 0 Å². The number of carbonyl (C=O) groups excluding carboxylic acids is 2. The minimum atomic E-state index is -4.26. The highest BCUT2D eigenvalue weighted by atomic mass is 32.2. The lowest BCUT2D eigenvalue weighted by Gasteiger charge is -2.32. The molecule has 1 N–H and O–H groups in total. The Kier molecular flexibility index (Phi) is 10.9. The van der Waals surface area contributed by atoms with E-state index < -0.39 is 28.5 Å². The summed E-state index contributed by atoms with van der Waals surface area (Å²) in [6.45, 7) is 5.22. The first kappa shape index (κ1) is 32.9. The van der Waals surface area contributed by atoms with E-state index in [0.717, 1.165) is 46.7 Å². The molecule has 2 amide bonds. The van der Waals surface area contributed by atoms with E-state index >= 15 is 0 Å². The number of nitrogens with zero attached hydrogens (tertiary/aromatic N) is 2. The molecule has 1 saturated carbocycles. The summed E-state index contributed by atoms with van der Waals surface area (Å²) in [6.07, 6.45) is 4.48. The van der Waals surface area contributed by atoms with Crippen LogP contribution < -0.4 is 19.1 Å². The maximum absolute atomic E-state index is 14.3. The van der Waals surface area contributed by atoms with Gasteiger partial charge in [0.05, 0.1) is 24.8 Å². The number of methoxy groups -OCH3 is 2.